The van der Waals surface area contributed by atoms with E-state index in [9.17, 15) is 18.0 Å². The second-order valence-corrected chi connectivity index (χ2v) is 4.91. The van der Waals surface area contributed by atoms with Crippen molar-refractivity contribution >= 4 is 22.4 Å². The zero-order valence-corrected chi connectivity index (χ0v) is 11.8. The number of carbonyl (C=O) groups is 1. The van der Waals surface area contributed by atoms with E-state index in [1.807, 2.05) is 30.3 Å². The summed E-state index contributed by atoms with van der Waals surface area (Å²) >= 11 is 0. The fourth-order valence-electron chi connectivity index (χ4n) is 2.22. The Balaban J connectivity index is 1.86. The van der Waals surface area contributed by atoms with Gasteiger partial charge < -0.3 is 5.32 Å². The van der Waals surface area contributed by atoms with Crippen molar-refractivity contribution in [2.75, 3.05) is 5.32 Å². The number of anilines is 1. The van der Waals surface area contributed by atoms with E-state index in [-0.39, 0.29) is 5.56 Å². The lowest BCUT2D eigenvalue weighted by molar-refractivity contribution is -0.141. The number of fused-ring (bicyclic) bond motifs is 1. The Kier molecular flexibility index (Phi) is 3.73. The van der Waals surface area contributed by atoms with E-state index in [2.05, 4.69) is 10.3 Å². The maximum atomic E-state index is 12.5. The van der Waals surface area contributed by atoms with Crippen LogP contribution >= 0.6 is 0 Å². The maximum Gasteiger partial charge on any atom is 0.433 e. The molecule has 0 atom stereocenters. The fraction of sp³-hybridized carbons (Fsp3) is 0.0588. The number of hydrogen-bond donors (Lipinski definition) is 1. The summed E-state index contributed by atoms with van der Waals surface area (Å²) in [6.07, 6.45) is -3.60. The number of nitrogens with zero attached hydrogens (tertiary/aromatic N) is 1. The highest BCUT2D eigenvalue weighted by Gasteiger charge is 2.32. The van der Waals surface area contributed by atoms with Crippen LogP contribution in [0.4, 0.5) is 18.9 Å². The number of pyridine rings is 1. The quantitative estimate of drug-likeness (QED) is 0.756. The zero-order valence-electron chi connectivity index (χ0n) is 11.8. The molecule has 0 fully saturated rings. The van der Waals surface area contributed by atoms with E-state index in [0.29, 0.717) is 5.69 Å². The van der Waals surface area contributed by atoms with Gasteiger partial charge in [0.05, 0.1) is 5.56 Å². The molecule has 0 radical (unpaired) electrons. The molecule has 23 heavy (non-hydrogen) atoms. The summed E-state index contributed by atoms with van der Waals surface area (Å²) in [4.78, 5) is 15.5. The van der Waals surface area contributed by atoms with Gasteiger partial charge in [0.15, 0.2) is 0 Å². The number of hydrogen-bond acceptors (Lipinski definition) is 2. The lowest BCUT2D eigenvalue weighted by Gasteiger charge is -2.09. The minimum absolute atomic E-state index is 0.0611. The summed E-state index contributed by atoms with van der Waals surface area (Å²) in [6.45, 7) is 0. The van der Waals surface area contributed by atoms with Crippen LogP contribution in [-0.2, 0) is 6.18 Å². The Labute approximate surface area is 129 Å². The van der Waals surface area contributed by atoms with Gasteiger partial charge in [0.1, 0.15) is 5.69 Å². The molecule has 1 N–H and O–H groups in total. The largest absolute Gasteiger partial charge is 0.433 e. The Morgan fingerprint density at radius 2 is 1.70 bits per heavy atom. The van der Waals surface area contributed by atoms with E-state index in [1.165, 1.54) is 0 Å². The van der Waals surface area contributed by atoms with E-state index >= 15 is 0 Å². The topological polar surface area (TPSA) is 42.0 Å². The molecule has 0 aliphatic heterocycles. The molecule has 0 saturated heterocycles. The summed E-state index contributed by atoms with van der Waals surface area (Å²) in [6, 6.07) is 14.8. The summed E-state index contributed by atoms with van der Waals surface area (Å²) in [5.41, 5.74) is -0.377. The number of benzene rings is 2. The van der Waals surface area contributed by atoms with Gasteiger partial charge in [-0.3, -0.25) is 9.78 Å². The number of halogens is 3. The van der Waals surface area contributed by atoms with Gasteiger partial charge >= 0.3 is 6.18 Å². The minimum atomic E-state index is -4.52. The zero-order chi connectivity index (χ0) is 16.4. The van der Waals surface area contributed by atoms with Crippen molar-refractivity contribution in [1.29, 1.82) is 0 Å². The fourth-order valence-corrected chi connectivity index (χ4v) is 2.22. The molecule has 0 saturated carbocycles. The predicted octanol–water partition coefficient (Wildman–Crippen LogP) is 4.51. The van der Waals surface area contributed by atoms with Crippen LogP contribution in [-0.4, -0.2) is 10.9 Å². The lowest BCUT2D eigenvalue weighted by atomic mass is 10.1. The monoisotopic (exact) mass is 316 g/mol. The summed E-state index contributed by atoms with van der Waals surface area (Å²) in [5, 5.41) is 4.50. The molecule has 3 aromatic rings. The third kappa shape index (κ3) is 3.15. The highest BCUT2D eigenvalue weighted by atomic mass is 19.4. The van der Waals surface area contributed by atoms with Crippen molar-refractivity contribution in [3.8, 4) is 0 Å². The van der Waals surface area contributed by atoms with Crippen LogP contribution in [0.15, 0.2) is 60.8 Å². The number of rotatable bonds is 2. The average molecular weight is 316 g/mol. The maximum absolute atomic E-state index is 12.5. The van der Waals surface area contributed by atoms with Gasteiger partial charge in [0, 0.05) is 17.3 Å². The summed E-state index contributed by atoms with van der Waals surface area (Å²) in [5.74, 6) is -0.512. The molecular weight excluding hydrogens is 305 g/mol. The molecule has 0 aliphatic rings. The Morgan fingerprint density at radius 1 is 0.957 bits per heavy atom. The van der Waals surface area contributed by atoms with Crippen LogP contribution in [0.2, 0.25) is 0 Å². The van der Waals surface area contributed by atoms with Crippen LogP contribution < -0.4 is 5.32 Å². The van der Waals surface area contributed by atoms with E-state index < -0.39 is 17.8 Å². The van der Waals surface area contributed by atoms with Crippen LogP contribution in [0.1, 0.15) is 16.1 Å². The molecule has 3 rings (SSSR count). The summed E-state index contributed by atoms with van der Waals surface area (Å²) < 4.78 is 37.4. The third-order valence-corrected chi connectivity index (χ3v) is 3.35. The third-order valence-electron chi connectivity index (χ3n) is 3.35. The van der Waals surface area contributed by atoms with Crippen molar-refractivity contribution in [1.82, 2.24) is 4.98 Å². The molecule has 0 spiro atoms. The number of aromatic nitrogens is 1. The highest BCUT2D eigenvalue weighted by molar-refractivity contribution is 6.08. The SMILES string of the molecule is O=C(Nc1cccc2ccccc12)c1ccc(C(F)(F)F)nc1. The number of carbonyl (C=O) groups excluding carboxylic acids is 1. The molecule has 0 bridgehead atoms. The molecule has 2 aromatic carbocycles. The average Bonchev–Trinajstić information content (AvgIpc) is 2.54. The van der Waals surface area contributed by atoms with Crippen molar-refractivity contribution < 1.29 is 18.0 Å². The van der Waals surface area contributed by atoms with E-state index in [4.69, 9.17) is 0 Å². The van der Waals surface area contributed by atoms with Gasteiger partial charge in [-0.1, -0.05) is 36.4 Å². The van der Waals surface area contributed by atoms with Crippen LogP contribution in [0, 0.1) is 0 Å². The van der Waals surface area contributed by atoms with E-state index in [1.54, 1.807) is 12.1 Å². The first kappa shape index (κ1) is 15.0. The molecule has 1 aromatic heterocycles. The van der Waals surface area contributed by atoms with Crippen molar-refractivity contribution in [2.45, 2.75) is 6.18 Å². The first-order valence-electron chi connectivity index (χ1n) is 6.77. The number of alkyl halides is 3. The molecule has 116 valence electrons. The lowest BCUT2D eigenvalue weighted by Crippen LogP contribution is -2.14. The molecule has 0 aliphatic carbocycles. The Bertz CT molecular complexity index is 852. The summed E-state index contributed by atoms with van der Waals surface area (Å²) in [7, 11) is 0. The Hall–Kier alpha value is -2.89. The number of amides is 1. The van der Waals surface area contributed by atoms with E-state index in [0.717, 1.165) is 29.1 Å². The van der Waals surface area contributed by atoms with Gasteiger partial charge in [-0.15, -0.1) is 0 Å². The predicted molar refractivity (Wildman–Crippen MR) is 81.1 cm³/mol. The van der Waals surface area contributed by atoms with Crippen LogP contribution in [0.5, 0.6) is 0 Å². The van der Waals surface area contributed by atoms with Crippen molar-refractivity contribution in [3.05, 3.63) is 72.1 Å². The molecular formula is C17H11F3N2O. The Morgan fingerprint density at radius 3 is 2.39 bits per heavy atom. The highest BCUT2D eigenvalue weighted by Crippen LogP contribution is 2.27. The second-order valence-electron chi connectivity index (χ2n) is 4.91. The second kappa shape index (κ2) is 5.72. The van der Waals surface area contributed by atoms with Crippen LogP contribution in [0.3, 0.4) is 0 Å². The molecule has 1 heterocycles. The first-order chi connectivity index (χ1) is 10.9. The smallest absolute Gasteiger partial charge is 0.321 e. The molecule has 3 nitrogen and oxygen atoms in total. The van der Waals surface area contributed by atoms with Gasteiger partial charge in [-0.25, -0.2) is 0 Å². The van der Waals surface area contributed by atoms with Gasteiger partial charge in [0.25, 0.3) is 5.91 Å². The minimum Gasteiger partial charge on any atom is -0.321 e. The molecule has 0 unspecified atom stereocenters. The standard InChI is InChI=1S/C17H11F3N2O/c18-17(19,20)15-9-8-12(10-21-15)16(23)22-14-7-3-5-11-4-1-2-6-13(11)14/h1-10H,(H,22,23). The first-order valence-corrected chi connectivity index (χ1v) is 6.77. The van der Waals surface area contributed by atoms with Gasteiger partial charge in [-0.2, -0.15) is 13.2 Å². The number of nitrogens with one attached hydrogen (secondary N) is 1. The normalized spacial score (nSPS) is 11.4. The van der Waals surface area contributed by atoms with Gasteiger partial charge in [-0.05, 0) is 23.6 Å². The van der Waals surface area contributed by atoms with Crippen molar-refractivity contribution in [3.63, 3.8) is 0 Å². The van der Waals surface area contributed by atoms with Gasteiger partial charge in [0.2, 0.25) is 0 Å². The van der Waals surface area contributed by atoms with Crippen molar-refractivity contribution in [2.24, 2.45) is 0 Å². The van der Waals surface area contributed by atoms with Crippen LogP contribution in [0.25, 0.3) is 10.8 Å². The molecule has 1 amide bonds. The molecule has 6 heteroatoms.